The third-order valence-electron chi connectivity index (χ3n) is 4.72. The summed E-state index contributed by atoms with van der Waals surface area (Å²) in [7, 11) is 0. The highest BCUT2D eigenvalue weighted by Crippen LogP contribution is 2.35. The highest BCUT2D eigenvalue weighted by Gasteiger charge is 2.36. The molecule has 7 nitrogen and oxygen atoms in total. The Kier molecular flexibility index (Phi) is 4.09. The summed E-state index contributed by atoms with van der Waals surface area (Å²) < 4.78 is 11.2. The van der Waals surface area contributed by atoms with Crippen LogP contribution in [0.15, 0.2) is 24.3 Å². The van der Waals surface area contributed by atoms with Crippen LogP contribution in [0, 0.1) is 12.8 Å². The van der Waals surface area contributed by atoms with Crippen LogP contribution in [-0.2, 0) is 6.42 Å². The van der Waals surface area contributed by atoms with E-state index in [4.69, 9.17) is 9.47 Å². The van der Waals surface area contributed by atoms with E-state index in [-0.39, 0.29) is 11.8 Å². The molecular weight excluding hydrogens is 322 g/mol. The number of amides is 1. The van der Waals surface area contributed by atoms with Crippen LogP contribution in [-0.4, -0.2) is 58.5 Å². The van der Waals surface area contributed by atoms with Crippen LogP contribution < -0.4 is 9.47 Å². The molecule has 0 aliphatic carbocycles. The van der Waals surface area contributed by atoms with Gasteiger partial charge in [0.25, 0.3) is 5.91 Å². The summed E-state index contributed by atoms with van der Waals surface area (Å²) in [6.45, 7) is 3.67. The molecule has 0 unspecified atom stereocenters. The summed E-state index contributed by atoms with van der Waals surface area (Å²) in [5.41, 5.74) is 2.38. The van der Waals surface area contributed by atoms with Crippen molar-refractivity contribution in [1.29, 1.82) is 0 Å². The van der Waals surface area contributed by atoms with Crippen LogP contribution in [0.1, 0.15) is 21.7 Å². The van der Waals surface area contributed by atoms with E-state index < -0.39 is 6.10 Å². The zero-order chi connectivity index (χ0) is 17.4. The second kappa shape index (κ2) is 6.40. The number of nitrogens with zero attached hydrogens (tertiary/aromatic N) is 2. The van der Waals surface area contributed by atoms with Crippen molar-refractivity contribution >= 4 is 5.91 Å². The quantitative estimate of drug-likeness (QED) is 0.873. The molecule has 1 fully saturated rings. The Morgan fingerprint density at radius 2 is 2.20 bits per heavy atom. The van der Waals surface area contributed by atoms with Crippen molar-refractivity contribution in [3.63, 3.8) is 0 Å². The number of hydrogen-bond acceptors (Lipinski definition) is 5. The minimum atomic E-state index is -0.558. The van der Waals surface area contributed by atoms with E-state index in [2.05, 4.69) is 10.2 Å². The number of carbonyl (C=O) groups is 1. The number of rotatable bonds is 3. The van der Waals surface area contributed by atoms with E-state index >= 15 is 0 Å². The Labute approximate surface area is 145 Å². The molecule has 1 aromatic heterocycles. The summed E-state index contributed by atoms with van der Waals surface area (Å²) in [6.07, 6.45) is 0.0829. The second-order valence-corrected chi connectivity index (χ2v) is 6.61. The summed E-state index contributed by atoms with van der Waals surface area (Å²) in [5.74, 6) is 0.936. The Hall–Kier alpha value is -2.54. The Balaban J connectivity index is 1.50. The number of aryl methyl sites for hydroxylation is 1. The van der Waals surface area contributed by atoms with Gasteiger partial charge in [-0.1, -0.05) is 6.07 Å². The summed E-state index contributed by atoms with van der Waals surface area (Å²) in [4.78, 5) is 14.6. The number of aromatic amines is 1. The zero-order valence-electron chi connectivity index (χ0n) is 14.1. The highest BCUT2D eigenvalue weighted by molar-refractivity contribution is 5.98. The van der Waals surface area contributed by atoms with Crippen molar-refractivity contribution in [3.8, 4) is 11.5 Å². The average Bonchev–Trinajstić information content (AvgIpc) is 3.20. The van der Waals surface area contributed by atoms with Gasteiger partial charge in [0.05, 0.1) is 17.4 Å². The van der Waals surface area contributed by atoms with Gasteiger partial charge in [-0.25, -0.2) is 0 Å². The summed E-state index contributed by atoms with van der Waals surface area (Å²) >= 11 is 0. The maximum atomic E-state index is 12.9. The maximum absolute atomic E-state index is 12.9. The van der Waals surface area contributed by atoms with E-state index in [1.807, 2.05) is 13.0 Å². The lowest BCUT2D eigenvalue weighted by Crippen LogP contribution is -2.30. The number of aromatic nitrogens is 2. The topological polar surface area (TPSA) is 87.7 Å². The lowest BCUT2D eigenvalue weighted by atomic mass is 10.00. The van der Waals surface area contributed by atoms with E-state index in [9.17, 15) is 9.90 Å². The molecule has 1 aromatic carbocycles. The molecule has 1 amide bonds. The van der Waals surface area contributed by atoms with Crippen molar-refractivity contribution in [3.05, 3.63) is 41.2 Å². The predicted molar refractivity (Wildman–Crippen MR) is 89.9 cm³/mol. The first-order valence-electron chi connectivity index (χ1n) is 8.48. The van der Waals surface area contributed by atoms with Crippen molar-refractivity contribution < 1.29 is 19.4 Å². The molecule has 132 valence electrons. The fourth-order valence-electron chi connectivity index (χ4n) is 3.48. The predicted octanol–water partition coefficient (Wildman–Crippen LogP) is 1.16. The van der Waals surface area contributed by atoms with Gasteiger partial charge in [0, 0.05) is 24.7 Å². The Morgan fingerprint density at radius 3 is 3.00 bits per heavy atom. The first kappa shape index (κ1) is 16.0. The van der Waals surface area contributed by atoms with Crippen molar-refractivity contribution in [1.82, 2.24) is 15.1 Å². The second-order valence-electron chi connectivity index (χ2n) is 6.61. The highest BCUT2D eigenvalue weighted by atomic mass is 16.6. The number of β-amino-alcohol motifs (C(OH)–C–C–N with tert-alkyl or cyclic N) is 1. The SMILES string of the molecule is Cc1cc(C[C@@H]2CN(C(=O)c3cccc4c3OCCO4)C[C@H]2O)n[nH]1. The van der Waals surface area contributed by atoms with Crippen molar-refractivity contribution in [2.45, 2.75) is 19.4 Å². The molecular formula is C18H21N3O4. The maximum Gasteiger partial charge on any atom is 0.257 e. The van der Waals surface area contributed by atoms with E-state index in [1.54, 1.807) is 23.1 Å². The van der Waals surface area contributed by atoms with Crippen LogP contribution in [0.4, 0.5) is 0 Å². The van der Waals surface area contributed by atoms with Crippen LogP contribution >= 0.6 is 0 Å². The van der Waals surface area contributed by atoms with Gasteiger partial charge < -0.3 is 19.5 Å². The van der Waals surface area contributed by atoms with Gasteiger partial charge in [0.1, 0.15) is 13.2 Å². The van der Waals surface area contributed by atoms with E-state index in [0.29, 0.717) is 49.8 Å². The molecule has 3 heterocycles. The summed E-state index contributed by atoms with van der Waals surface area (Å²) in [5, 5.41) is 17.5. The lowest BCUT2D eigenvalue weighted by Gasteiger charge is -2.23. The number of ether oxygens (including phenoxy) is 2. The smallest absolute Gasteiger partial charge is 0.257 e. The van der Waals surface area contributed by atoms with Gasteiger partial charge in [0.2, 0.25) is 0 Å². The number of likely N-dealkylation sites (tertiary alicyclic amines) is 1. The zero-order valence-corrected chi connectivity index (χ0v) is 14.1. The number of fused-ring (bicyclic) bond motifs is 1. The molecule has 1 saturated heterocycles. The molecule has 2 aliphatic rings. The molecule has 25 heavy (non-hydrogen) atoms. The molecule has 4 rings (SSSR count). The van der Waals surface area contributed by atoms with Crippen molar-refractivity contribution in [2.75, 3.05) is 26.3 Å². The average molecular weight is 343 g/mol. The van der Waals surface area contributed by atoms with Gasteiger partial charge in [-0.15, -0.1) is 0 Å². The van der Waals surface area contributed by atoms with Crippen molar-refractivity contribution in [2.24, 2.45) is 5.92 Å². The fourth-order valence-corrected chi connectivity index (χ4v) is 3.48. The standard InChI is InChI=1S/C18H21N3O4/c1-11-7-13(20-19-11)8-12-9-21(10-15(12)22)18(23)14-3-2-4-16-17(14)25-6-5-24-16/h2-4,7,12,15,22H,5-6,8-10H2,1H3,(H,19,20)/t12-,15-/m1/s1. The molecule has 2 atom stereocenters. The number of carbonyl (C=O) groups excluding carboxylic acids is 1. The van der Waals surface area contributed by atoms with Gasteiger partial charge in [-0.05, 0) is 31.5 Å². The number of H-pyrrole nitrogens is 1. The third-order valence-corrected chi connectivity index (χ3v) is 4.72. The van der Waals surface area contributed by atoms with Gasteiger partial charge in [0.15, 0.2) is 11.5 Å². The monoisotopic (exact) mass is 343 g/mol. The van der Waals surface area contributed by atoms with E-state index in [1.165, 1.54) is 0 Å². The molecule has 2 N–H and O–H groups in total. The number of benzene rings is 1. The molecule has 0 spiro atoms. The minimum Gasteiger partial charge on any atom is -0.486 e. The Morgan fingerprint density at radius 1 is 1.36 bits per heavy atom. The number of aliphatic hydroxyl groups excluding tert-OH is 1. The van der Waals surface area contributed by atoms with Gasteiger partial charge in [-0.3, -0.25) is 9.89 Å². The normalized spacial score (nSPS) is 22.2. The lowest BCUT2D eigenvalue weighted by molar-refractivity contribution is 0.0754. The molecule has 2 aliphatic heterocycles. The number of nitrogens with one attached hydrogen (secondary N) is 1. The third kappa shape index (κ3) is 3.07. The first-order chi connectivity index (χ1) is 12.1. The minimum absolute atomic E-state index is 0.0247. The fraction of sp³-hybridized carbons (Fsp3) is 0.444. The van der Waals surface area contributed by atoms with Gasteiger partial charge >= 0.3 is 0 Å². The number of para-hydroxylation sites is 1. The molecule has 0 bridgehead atoms. The molecule has 7 heteroatoms. The Bertz CT molecular complexity index is 788. The summed E-state index contributed by atoms with van der Waals surface area (Å²) in [6, 6.07) is 7.30. The largest absolute Gasteiger partial charge is 0.486 e. The van der Waals surface area contributed by atoms with Crippen LogP contribution in [0.3, 0.4) is 0 Å². The van der Waals surface area contributed by atoms with Gasteiger partial charge in [-0.2, -0.15) is 5.10 Å². The van der Waals surface area contributed by atoms with Crippen LogP contribution in [0.2, 0.25) is 0 Å². The van der Waals surface area contributed by atoms with Crippen LogP contribution in [0.25, 0.3) is 0 Å². The van der Waals surface area contributed by atoms with Crippen LogP contribution in [0.5, 0.6) is 11.5 Å². The number of aliphatic hydroxyl groups is 1. The molecule has 2 aromatic rings. The number of hydrogen-bond donors (Lipinski definition) is 2. The van der Waals surface area contributed by atoms with E-state index in [0.717, 1.165) is 11.4 Å². The molecule has 0 radical (unpaired) electrons. The first-order valence-corrected chi connectivity index (χ1v) is 8.48. The molecule has 0 saturated carbocycles.